The maximum Gasteiger partial charge on any atom is 0.344 e. The molecule has 0 radical (unpaired) electrons. The molecule has 1 atom stereocenters. The number of carboxylic acids is 1. The minimum absolute atomic E-state index is 0.488. The van der Waals surface area contributed by atoms with Crippen molar-refractivity contribution < 1.29 is 14.6 Å². The van der Waals surface area contributed by atoms with Crippen LogP contribution in [0.5, 0.6) is 5.75 Å². The molecule has 0 saturated heterocycles. The van der Waals surface area contributed by atoms with E-state index >= 15 is 0 Å². The second-order valence-corrected chi connectivity index (χ2v) is 3.63. The van der Waals surface area contributed by atoms with E-state index in [0.717, 1.165) is 6.42 Å². The Morgan fingerprint density at radius 2 is 2.33 bits per heavy atom. The van der Waals surface area contributed by atoms with Gasteiger partial charge >= 0.3 is 5.97 Å². The van der Waals surface area contributed by atoms with Crippen molar-refractivity contribution in [1.29, 1.82) is 0 Å². The summed E-state index contributed by atoms with van der Waals surface area (Å²) in [5, 5.41) is 9.41. The maximum absolute atomic E-state index is 10.8. The third kappa shape index (κ3) is 3.80. The fraction of sp³-hybridized carbons (Fsp3) is 0.364. The minimum atomic E-state index is -0.947. The lowest BCUT2D eigenvalue weighted by molar-refractivity contribution is -0.145. The molecule has 0 aliphatic carbocycles. The summed E-state index contributed by atoms with van der Waals surface area (Å²) in [5.74, 6) is -0.458. The Morgan fingerprint density at radius 1 is 1.60 bits per heavy atom. The Morgan fingerprint density at radius 3 is 2.87 bits per heavy atom. The molecule has 0 aromatic heterocycles. The van der Waals surface area contributed by atoms with Crippen LogP contribution < -0.4 is 4.74 Å². The first-order chi connectivity index (χ1) is 7.13. The van der Waals surface area contributed by atoms with Crippen molar-refractivity contribution in [3.05, 3.63) is 29.3 Å². The SMILES string of the molecule is CCCC(Oc1cccc(Cl)c1)C(=O)O. The standard InChI is InChI=1S/C11H13ClO3/c1-2-4-10(11(13)14)15-9-6-3-5-8(12)7-9/h3,5-7,10H,2,4H2,1H3,(H,13,14). The van der Waals surface area contributed by atoms with E-state index in [4.69, 9.17) is 21.4 Å². The van der Waals surface area contributed by atoms with Gasteiger partial charge in [0.1, 0.15) is 5.75 Å². The summed E-state index contributed by atoms with van der Waals surface area (Å²) < 4.78 is 5.31. The summed E-state index contributed by atoms with van der Waals surface area (Å²) in [4.78, 5) is 10.8. The molecule has 1 unspecified atom stereocenters. The highest BCUT2D eigenvalue weighted by atomic mass is 35.5. The summed E-state index contributed by atoms with van der Waals surface area (Å²) in [5.41, 5.74) is 0. The first-order valence-corrected chi connectivity index (χ1v) is 5.16. The Bertz CT molecular complexity index is 338. The Labute approximate surface area is 93.6 Å². The number of aliphatic carboxylic acids is 1. The number of carbonyl (C=O) groups is 1. The van der Waals surface area contributed by atoms with Gasteiger partial charge in [0.15, 0.2) is 6.10 Å². The zero-order valence-electron chi connectivity index (χ0n) is 8.44. The van der Waals surface area contributed by atoms with Gasteiger partial charge in [0.25, 0.3) is 0 Å². The van der Waals surface area contributed by atoms with Crippen molar-refractivity contribution in [2.75, 3.05) is 0 Å². The van der Waals surface area contributed by atoms with Gasteiger partial charge in [-0.1, -0.05) is 31.0 Å². The van der Waals surface area contributed by atoms with Crippen molar-refractivity contribution in [2.24, 2.45) is 0 Å². The molecule has 0 aliphatic heterocycles. The summed E-state index contributed by atoms with van der Waals surface area (Å²) in [6.45, 7) is 1.91. The molecule has 0 bridgehead atoms. The second kappa shape index (κ2) is 5.61. The van der Waals surface area contributed by atoms with E-state index in [2.05, 4.69) is 0 Å². The van der Waals surface area contributed by atoms with Crippen LogP contribution in [0.1, 0.15) is 19.8 Å². The molecule has 0 heterocycles. The number of rotatable bonds is 5. The normalized spacial score (nSPS) is 12.1. The topological polar surface area (TPSA) is 46.5 Å². The molecule has 0 amide bonds. The fourth-order valence-corrected chi connectivity index (χ4v) is 1.38. The van der Waals surface area contributed by atoms with Crippen molar-refractivity contribution in [3.63, 3.8) is 0 Å². The second-order valence-electron chi connectivity index (χ2n) is 3.19. The lowest BCUT2D eigenvalue weighted by Crippen LogP contribution is -2.26. The molecule has 1 aromatic carbocycles. The number of benzene rings is 1. The van der Waals surface area contributed by atoms with Crippen LogP contribution in [0.25, 0.3) is 0 Å². The molecule has 82 valence electrons. The number of hydrogen-bond acceptors (Lipinski definition) is 2. The van der Waals surface area contributed by atoms with Crippen LogP contribution in [0.4, 0.5) is 0 Å². The molecule has 3 nitrogen and oxygen atoms in total. The van der Waals surface area contributed by atoms with Gasteiger partial charge in [-0.2, -0.15) is 0 Å². The number of ether oxygens (including phenoxy) is 1. The van der Waals surface area contributed by atoms with Gasteiger partial charge in [0.2, 0.25) is 0 Å². The lowest BCUT2D eigenvalue weighted by atomic mass is 10.2. The average molecular weight is 229 g/mol. The number of carboxylic acid groups (broad SMARTS) is 1. The maximum atomic E-state index is 10.8. The molecule has 4 heteroatoms. The number of halogens is 1. The molecule has 0 aliphatic rings. The Kier molecular flexibility index (Phi) is 4.43. The van der Waals surface area contributed by atoms with E-state index in [1.54, 1.807) is 24.3 Å². The van der Waals surface area contributed by atoms with Gasteiger partial charge < -0.3 is 9.84 Å². The Balaban J connectivity index is 2.69. The quantitative estimate of drug-likeness (QED) is 0.843. The van der Waals surface area contributed by atoms with E-state index in [-0.39, 0.29) is 0 Å². The highest BCUT2D eigenvalue weighted by molar-refractivity contribution is 6.30. The smallest absolute Gasteiger partial charge is 0.344 e. The minimum Gasteiger partial charge on any atom is -0.479 e. The lowest BCUT2D eigenvalue weighted by Gasteiger charge is -2.14. The van der Waals surface area contributed by atoms with Gasteiger partial charge in [0, 0.05) is 5.02 Å². The van der Waals surface area contributed by atoms with E-state index in [1.807, 2.05) is 6.92 Å². The third-order valence-electron chi connectivity index (χ3n) is 1.90. The van der Waals surface area contributed by atoms with Gasteiger partial charge in [-0.15, -0.1) is 0 Å². The molecule has 1 rings (SSSR count). The predicted molar refractivity (Wildman–Crippen MR) is 58.4 cm³/mol. The number of hydrogen-bond donors (Lipinski definition) is 1. The highest BCUT2D eigenvalue weighted by Gasteiger charge is 2.17. The van der Waals surface area contributed by atoms with Gasteiger partial charge in [-0.3, -0.25) is 0 Å². The molecular formula is C11H13ClO3. The molecule has 15 heavy (non-hydrogen) atoms. The van der Waals surface area contributed by atoms with Gasteiger partial charge in [-0.25, -0.2) is 4.79 Å². The third-order valence-corrected chi connectivity index (χ3v) is 2.14. The van der Waals surface area contributed by atoms with E-state index in [0.29, 0.717) is 17.2 Å². The molecular weight excluding hydrogens is 216 g/mol. The first-order valence-electron chi connectivity index (χ1n) is 4.78. The first kappa shape index (κ1) is 11.9. The van der Waals surface area contributed by atoms with Crippen molar-refractivity contribution in [2.45, 2.75) is 25.9 Å². The van der Waals surface area contributed by atoms with E-state index < -0.39 is 12.1 Å². The molecule has 0 spiro atoms. The fourth-order valence-electron chi connectivity index (χ4n) is 1.20. The van der Waals surface area contributed by atoms with Crippen LogP contribution in [0, 0.1) is 0 Å². The van der Waals surface area contributed by atoms with Crippen molar-refractivity contribution in [3.8, 4) is 5.75 Å². The van der Waals surface area contributed by atoms with Gasteiger partial charge in [-0.05, 0) is 24.6 Å². The van der Waals surface area contributed by atoms with Gasteiger partial charge in [0.05, 0.1) is 0 Å². The highest BCUT2D eigenvalue weighted by Crippen LogP contribution is 2.19. The zero-order valence-corrected chi connectivity index (χ0v) is 9.20. The van der Waals surface area contributed by atoms with Crippen LogP contribution in [-0.4, -0.2) is 17.2 Å². The van der Waals surface area contributed by atoms with E-state index in [9.17, 15) is 4.79 Å². The molecule has 0 saturated carbocycles. The predicted octanol–water partition coefficient (Wildman–Crippen LogP) is 2.97. The van der Waals surface area contributed by atoms with Crippen molar-refractivity contribution >= 4 is 17.6 Å². The van der Waals surface area contributed by atoms with Crippen LogP contribution in [0.15, 0.2) is 24.3 Å². The summed E-state index contributed by atoms with van der Waals surface area (Å²) >= 11 is 5.76. The van der Waals surface area contributed by atoms with Crippen LogP contribution in [0.2, 0.25) is 5.02 Å². The molecule has 1 N–H and O–H groups in total. The van der Waals surface area contributed by atoms with Crippen molar-refractivity contribution in [1.82, 2.24) is 0 Å². The Hall–Kier alpha value is -1.22. The molecule has 1 aromatic rings. The monoisotopic (exact) mass is 228 g/mol. The van der Waals surface area contributed by atoms with E-state index in [1.165, 1.54) is 0 Å². The van der Waals surface area contributed by atoms with Crippen LogP contribution in [-0.2, 0) is 4.79 Å². The molecule has 0 fully saturated rings. The largest absolute Gasteiger partial charge is 0.479 e. The van der Waals surface area contributed by atoms with Crippen LogP contribution in [0.3, 0.4) is 0 Å². The average Bonchev–Trinajstić information content (AvgIpc) is 2.17. The summed E-state index contributed by atoms with van der Waals surface area (Å²) in [6.07, 6.45) is 0.452. The zero-order chi connectivity index (χ0) is 11.3. The summed E-state index contributed by atoms with van der Waals surface area (Å²) in [6, 6.07) is 6.73. The summed E-state index contributed by atoms with van der Waals surface area (Å²) in [7, 11) is 0. The van der Waals surface area contributed by atoms with Crippen LogP contribution >= 0.6 is 11.6 Å².